The average Bonchev–Trinajstić information content (AvgIpc) is 2.75. The number of benzene rings is 2. The second-order valence-corrected chi connectivity index (χ2v) is 7.19. The molecule has 1 aliphatic rings. The predicted molar refractivity (Wildman–Crippen MR) is 96.8 cm³/mol. The summed E-state index contributed by atoms with van der Waals surface area (Å²) in [6, 6.07) is 11.1. The first kappa shape index (κ1) is 17.0. The van der Waals surface area contributed by atoms with Gasteiger partial charge in [0.05, 0.1) is 17.8 Å². The molecule has 1 aliphatic heterocycles. The Morgan fingerprint density at radius 3 is 2.17 bits per heavy atom. The van der Waals surface area contributed by atoms with Crippen LogP contribution in [-0.2, 0) is 9.31 Å². The molecule has 0 bridgehead atoms. The van der Waals surface area contributed by atoms with Crippen molar-refractivity contribution in [3.05, 3.63) is 47.4 Å². The molecule has 2 aromatic rings. The maximum atomic E-state index is 10.0. The molecule has 0 unspecified atom stereocenters. The highest BCUT2D eigenvalue weighted by Crippen LogP contribution is 2.39. The van der Waals surface area contributed by atoms with E-state index in [0.717, 1.165) is 16.3 Å². The molecule has 2 N–H and O–H groups in total. The highest BCUT2D eigenvalue weighted by molar-refractivity contribution is 6.55. The minimum atomic E-state index is -0.590. The smallest absolute Gasteiger partial charge is 0.492 e. The van der Waals surface area contributed by atoms with Gasteiger partial charge in [0.15, 0.2) is 0 Å². The van der Waals surface area contributed by atoms with E-state index in [1.807, 2.05) is 64.1 Å². The Labute approximate surface area is 142 Å². The standard InChI is InChI=1S/C19H23BO4/c1-18(2)19(3,4)24-20(23-18)14(12-21)11-13-9-10-17(22)16-8-6-5-7-15(13)16/h5-11,21-22H,12H2,1-4H3. The maximum absolute atomic E-state index is 10.0. The molecule has 24 heavy (non-hydrogen) atoms. The van der Waals surface area contributed by atoms with Gasteiger partial charge in [-0.1, -0.05) is 36.4 Å². The van der Waals surface area contributed by atoms with E-state index in [0.29, 0.717) is 5.47 Å². The lowest BCUT2D eigenvalue weighted by Gasteiger charge is -2.32. The van der Waals surface area contributed by atoms with Gasteiger partial charge in [-0.25, -0.2) is 0 Å². The second-order valence-electron chi connectivity index (χ2n) is 7.19. The van der Waals surface area contributed by atoms with Crippen molar-refractivity contribution in [2.45, 2.75) is 38.9 Å². The van der Waals surface area contributed by atoms with E-state index in [2.05, 4.69) is 0 Å². The van der Waals surface area contributed by atoms with Crippen LogP contribution in [0.25, 0.3) is 16.8 Å². The van der Waals surface area contributed by atoms with Gasteiger partial charge in [-0.3, -0.25) is 0 Å². The van der Waals surface area contributed by atoms with Gasteiger partial charge in [-0.15, -0.1) is 0 Å². The van der Waals surface area contributed by atoms with Gasteiger partial charge < -0.3 is 19.5 Å². The first-order chi connectivity index (χ1) is 11.2. The lowest BCUT2D eigenvalue weighted by atomic mass is 9.77. The van der Waals surface area contributed by atoms with E-state index in [-0.39, 0.29) is 12.4 Å². The van der Waals surface area contributed by atoms with Crippen molar-refractivity contribution in [3.63, 3.8) is 0 Å². The van der Waals surface area contributed by atoms with Crippen LogP contribution in [0.4, 0.5) is 0 Å². The minimum Gasteiger partial charge on any atom is -0.507 e. The van der Waals surface area contributed by atoms with Crippen LogP contribution in [0, 0.1) is 0 Å². The lowest BCUT2D eigenvalue weighted by molar-refractivity contribution is 0.00578. The number of aromatic hydroxyl groups is 1. The van der Waals surface area contributed by atoms with E-state index >= 15 is 0 Å². The third-order valence-corrected chi connectivity index (χ3v) is 5.01. The van der Waals surface area contributed by atoms with Crippen molar-refractivity contribution < 1.29 is 19.5 Å². The third kappa shape index (κ3) is 2.84. The van der Waals surface area contributed by atoms with Crippen molar-refractivity contribution in [1.82, 2.24) is 0 Å². The Morgan fingerprint density at radius 2 is 1.58 bits per heavy atom. The number of phenols is 1. The van der Waals surface area contributed by atoms with Crippen LogP contribution in [0.5, 0.6) is 5.75 Å². The highest BCUT2D eigenvalue weighted by Gasteiger charge is 2.52. The van der Waals surface area contributed by atoms with Crippen molar-refractivity contribution in [2.75, 3.05) is 6.61 Å². The molecule has 126 valence electrons. The van der Waals surface area contributed by atoms with Gasteiger partial charge in [0.2, 0.25) is 0 Å². The van der Waals surface area contributed by atoms with Crippen LogP contribution in [0.15, 0.2) is 41.9 Å². The number of rotatable bonds is 3. The zero-order chi connectivity index (χ0) is 17.5. The fourth-order valence-electron chi connectivity index (χ4n) is 2.81. The Balaban J connectivity index is 2.03. The third-order valence-electron chi connectivity index (χ3n) is 5.01. The molecular formula is C19H23BO4. The van der Waals surface area contributed by atoms with E-state index in [9.17, 15) is 10.2 Å². The molecule has 0 aliphatic carbocycles. The quantitative estimate of drug-likeness (QED) is 0.847. The summed E-state index contributed by atoms with van der Waals surface area (Å²) in [6.07, 6.45) is 1.88. The SMILES string of the molecule is CC1(C)OB(C(=Cc2ccc(O)c3ccccc23)CO)OC1(C)C. The summed E-state index contributed by atoms with van der Waals surface area (Å²) in [5.74, 6) is 0.240. The van der Waals surface area contributed by atoms with Gasteiger partial charge >= 0.3 is 7.12 Å². The predicted octanol–water partition coefficient (Wildman–Crippen LogP) is 3.55. The van der Waals surface area contributed by atoms with Crippen LogP contribution < -0.4 is 0 Å². The second kappa shape index (κ2) is 5.92. The van der Waals surface area contributed by atoms with E-state index in [1.165, 1.54) is 0 Å². The normalized spacial score (nSPS) is 19.9. The van der Waals surface area contributed by atoms with E-state index < -0.39 is 18.3 Å². The zero-order valence-corrected chi connectivity index (χ0v) is 14.5. The summed E-state index contributed by atoms with van der Waals surface area (Å²) in [4.78, 5) is 0. The zero-order valence-electron chi connectivity index (χ0n) is 14.5. The molecule has 1 heterocycles. The van der Waals surface area contributed by atoms with Crippen molar-refractivity contribution in [3.8, 4) is 5.75 Å². The Bertz CT molecular complexity index is 779. The fraction of sp³-hybridized carbons (Fsp3) is 0.368. The number of aliphatic hydroxyl groups excluding tert-OH is 1. The van der Waals surface area contributed by atoms with Gasteiger partial charge in [0.1, 0.15) is 5.75 Å². The molecule has 5 heteroatoms. The molecule has 0 spiro atoms. The molecule has 0 radical (unpaired) electrons. The minimum absolute atomic E-state index is 0.161. The molecule has 4 nitrogen and oxygen atoms in total. The molecule has 0 atom stereocenters. The summed E-state index contributed by atoms with van der Waals surface area (Å²) in [5.41, 5.74) is 0.651. The monoisotopic (exact) mass is 326 g/mol. The topological polar surface area (TPSA) is 58.9 Å². The van der Waals surface area contributed by atoms with Crippen LogP contribution in [0.3, 0.4) is 0 Å². The van der Waals surface area contributed by atoms with Crippen molar-refractivity contribution in [2.24, 2.45) is 0 Å². The Morgan fingerprint density at radius 1 is 1.00 bits per heavy atom. The Kier molecular flexibility index (Phi) is 4.20. The molecule has 2 aromatic carbocycles. The van der Waals surface area contributed by atoms with Gasteiger partial charge in [0, 0.05) is 5.39 Å². The molecule has 0 saturated carbocycles. The molecule has 3 rings (SSSR count). The Hall–Kier alpha value is -1.82. The lowest BCUT2D eigenvalue weighted by Crippen LogP contribution is -2.41. The van der Waals surface area contributed by atoms with Gasteiger partial charge in [-0.05, 0) is 50.2 Å². The molecule has 1 saturated heterocycles. The maximum Gasteiger partial charge on any atom is 0.492 e. The first-order valence-corrected chi connectivity index (χ1v) is 8.13. The van der Waals surface area contributed by atoms with Crippen LogP contribution in [-0.4, -0.2) is 35.1 Å². The number of fused-ring (bicyclic) bond motifs is 1. The average molecular weight is 326 g/mol. The van der Waals surface area contributed by atoms with Crippen LogP contribution >= 0.6 is 0 Å². The molecule has 1 fully saturated rings. The van der Waals surface area contributed by atoms with E-state index in [1.54, 1.807) is 6.07 Å². The van der Waals surface area contributed by atoms with Gasteiger partial charge in [0.25, 0.3) is 0 Å². The van der Waals surface area contributed by atoms with Gasteiger partial charge in [-0.2, -0.15) is 0 Å². The summed E-state index contributed by atoms with van der Waals surface area (Å²) < 4.78 is 12.1. The van der Waals surface area contributed by atoms with E-state index in [4.69, 9.17) is 9.31 Å². The number of hydrogen-bond donors (Lipinski definition) is 2. The van der Waals surface area contributed by atoms with Crippen molar-refractivity contribution in [1.29, 1.82) is 0 Å². The number of aliphatic hydroxyl groups is 1. The molecule has 0 amide bonds. The summed E-state index contributed by atoms with van der Waals surface area (Å²) >= 11 is 0. The number of hydrogen-bond acceptors (Lipinski definition) is 4. The number of phenolic OH excluding ortho intramolecular Hbond substituents is 1. The largest absolute Gasteiger partial charge is 0.507 e. The molecular weight excluding hydrogens is 303 g/mol. The summed E-state index contributed by atoms with van der Waals surface area (Å²) in [7, 11) is -0.590. The van der Waals surface area contributed by atoms with Crippen molar-refractivity contribution >= 4 is 24.0 Å². The summed E-state index contributed by atoms with van der Waals surface area (Å²) in [5, 5.41) is 21.5. The molecule has 0 aromatic heterocycles. The summed E-state index contributed by atoms with van der Waals surface area (Å²) in [6.45, 7) is 7.78. The van der Waals surface area contributed by atoms with Crippen LogP contribution in [0.1, 0.15) is 33.3 Å². The first-order valence-electron chi connectivity index (χ1n) is 8.13. The highest BCUT2D eigenvalue weighted by atomic mass is 16.7. The fourth-order valence-corrected chi connectivity index (χ4v) is 2.81. The van der Waals surface area contributed by atoms with Crippen LogP contribution in [0.2, 0.25) is 0 Å².